The van der Waals surface area contributed by atoms with Gasteiger partial charge in [0, 0.05) is 11.6 Å². The van der Waals surface area contributed by atoms with Gasteiger partial charge in [0.15, 0.2) is 5.69 Å². The molecule has 7 nitrogen and oxygen atoms in total. The molecule has 3 aromatic rings. The Balaban J connectivity index is 2.01. The lowest BCUT2D eigenvalue weighted by atomic mass is 10.2. The number of nitrogens with zero attached hydrogens (tertiary/aromatic N) is 2. The number of anilines is 1. The van der Waals surface area contributed by atoms with Gasteiger partial charge < -0.3 is 5.11 Å². The topological polar surface area (TPSA) is 109 Å². The average Bonchev–Trinajstić information content (AvgIpc) is 2.94. The molecule has 2 heterocycles. The minimum Gasteiger partial charge on any atom is -0.476 e. The summed E-state index contributed by atoms with van der Waals surface area (Å²) in [5, 5.41) is 9.61. The fraction of sp³-hybridized carbons (Fsp3) is 0. The summed E-state index contributed by atoms with van der Waals surface area (Å²) in [6, 6.07) is 7.94. The highest BCUT2D eigenvalue weighted by atomic mass is 32.2. The van der Waals surface area contributed by atoms with Gasteiger partial charge in [-0.25, -0.2) is 18.2 Å². The molecule has 0 aliphatic rings. The molecule has 0 bridgehead atoms. The van der Waals surface area contributed by atoms with Crippen LogP contribution in [0, 0.1) is 0 Å². The highest BCUT2D eigenvalue weighted by molar-refractivity contribution is 7.93. The summed E-state index contributed by atoms with van der Waals surface area (Å²) >= 11 is 0.908. The lowest BCUT2D eigenvalue weighted by Crippen LogP contribution is -2.14. The Bertz CT molecular complexity index is 966. The van der Waals surface area contributed by atoms with Crippen molar-refractivity contribution >= 4 is 43.2 Å². The first kappa shape index (κ1) is 14.4. The van der Waals surface area contributed by atoms with Gasteiger partial charge in [-0.3, -0.25) is 9.71 Å². The Labute approximate surface area is 129 Å². The molecule has 2 aromatic heterocycles. The van der Waals surface area contributed by atoms with Crippen molar-refractivity contribution in [2.45, 2.75) is 4.90 Å². The molecule has 0 fully saturated rings. The number of fused-ring (bicyclic) bond motifs is 1. The summed E-state index contributed by atoms with van der Waals surface area (Å²) in [6.45, 7) is 0. The summed E-state index contributed by atoms with van der Waals surface area (Å²) in [5.41, 5.74) is 1.62. The molecule has 112 valence electrons. The van der Waals surface area contributed by atoms with Crippen LogP contribution in [-0.2, 0) is 10.0 Å². The molecule has 22 heavy (non-hydrogen) atoms. The van der Waals surface area contributed by atoms with Crippen LogP contribution in [0.25, 0.3) is 10.9 Å². The zero-order valence-corrected chi connectivity index (χ0v) is 12.6. The lowest BCUT2D eigenvalue weighted by Gasteiger charge is -2.07. The Morgan fingerprint density at radius 2 is 2.05 bits per heavy atom. The van der Waals surface area contributed by atoms with Gasteiger partial charge >= 0.3 is 5.97 Å². The maximum atomic E-state index is 12.4. The molecule has 3 rings (SSSR count). The Hall–Kier alpha value is -2.52. The summed E-state index contributed by atoms with van der Waals surface area (Å²) in [7, 11) is -3.90. The number of carboxylic acids is 1. The number of nitrogens with one attached hydrogen (secondary N) is 1. The van der Waals surface area contributed by atoms with Gasteiger partial charge in [0.2, 0.25) is 0 Å². The van der Waals surface area contributed by atoms with Crippen molar-refractivity contribution in [2.75, 3.05) is 4.72 Å². The summed E-state index contributed by atoms with van der Waals surface area (Å²) in [6.07, 6.45) is 1.62. The number of thiazole rings is 1. The quantitative estimate of drug-likeness (QED) is 0.756. The first-order valence-corrected chi connectivity index (χ1v) is 8.38. The molecule has 2 N–H and O–H groups in total. The number of aromatic nitrogens is 2. The number of benzene rings is 1. The van der Waals surface area contributed by atoms with Crippen LogP contribution in [-0.4, -0.2) is 29.5 Å². The van der Waals surface area contributed by atoms with Crippen LogP contribution in [0.4, 0.5) is 5.00 Å². The van der Waals surface area contributed by atoms with E-state index in [4.69, 9.17) is 5.11 Å². The molecule has 0 aliphatic carbocycles. The Morgan fingerprint density at radius 1 is 1.23 bits per heavy atom. The van der Waals surface area contributed by atoms with Crippen molar-refractivity contribution in [1.29, 1.82) is 0 Å². The van der Waals surface area contributed by atoms with Crippen LogP contribution in [0.3, 0.4) is 0 Å². The summed E-state index contributed by atoms with van der Waals surface area (Å²) < 4.78 is 27.0. The molecule has 0 spiro atoms. The Kier molecular flexibility index (Phi) is 3.51. The monoisotopic (exact) mass is 335 g/mol. The third-order valence-electron chi connectivity index (χ3n) is 2.88. The predicted octanol–water partition coefficient (Wildman–Crippen LogP) is 2.19. The fourth-order valence-electron chi connectivity index (χ4n) is 1.87. The van der Waals surface area contributed by atoms with Crippen molar-refractivity contribution in [1.82, 2.24) is 9.97 Å². The number of aromatic carboxylic acids is 1. The van der Waals surface area contributed by atoms with E-state index >= 15 is 0 Å². The molecule has 0 aliphatic heterocycles. The molecule has 1 aromatic carbocycles. The van der Waals surface area contributed by atoms with Crippen LogP contribution in [0.1, 0.15) is 10.5 Å². The van der Waals surface area contributed by atoms with Crippen molar-refractivity contribution in [3.05, 3.63) is 47.7 Å². The van der Waals surface area contributed by atoms with Gasteiger partial charge in [0.25, 0.3) is 10.0 Å². The zero-order valence-electron chi connectivity index (χ0n) is 10.9. The van der Waals surface area contributed by atoms with E-state index in [1.54, 1.807) is 24.4 Å². The molecular weight excluding hydrogens is 326 g/mol. The first-order valence-electron chi connectivity index (χ1n) is 6.02. The summed E-state index contributed by atoms with van der Waals surface area (Å²) in [5.74, 6) is -1.29. The van der Waals surface area contributed by atoms with Gasteiger partial charge in [-0.1, -0.05) is 6.07 Å². The largest absolute Gasteiger partial charge is 0.476 e. The molecule has 9 heteroatoms. The molecule has 0 amide bonds. The second kappa shape index (κ2) is 5.35. The molecular formula is C13H9N3O4S2. The number of rotatable bonds is 4. The van der Waals surface area contributed by atoms with E-state index in [1.165, 1.54) is 17.6 Å². The third kappa shape index (κ3) is 2.63. The summed E-state index contributed by atoms with van der Waals surface area (Å²) in [4.78, 5) is 18.7. The number of hydrogen-bond acceptors (Lipinski definition) is 6. The van der Waals surface area contributed by atoms with E-state index in [2.05, 4.69) is 14.7 Å². The van der Waals surface area contributed by atoms with E-state index in [0.29, 0.717) is 10.9 Å². The van der Waals surface area contributed by atoms with Crippen LogP contribution in [0.15, 0.2) is 46.9 Å². The smallest absolute Gasteiger partial charge is 0.357 e. The number of carbonyl (C=O) groups is 1. The second-order valence-electron chi connectivity index (χ2n) is 4.30. The van der Waals surface area contributed by atoms with Gasteiger partial charge in [-0.15, -0.1) is 11.3 Å². The predicted molar refractivity (Wildman–Crippen MR) is 81.6 cm³/mol. The molecule has 0 unspecified atom stereocenters. The second-order valence-corrected chi connectivity index (χ2v) is 6.84. The number of hydrogen-bond donors (Lipinski definition) is 2. The van der Waals surface area contributed by atoms with Crippen LogP contribution < -0.4 is 4.72 Å². The maximum absolute atomic E-state index is 12.4. The average molecular weight is 335 g/mol. The number of pyridine rings is 1. The minimum atomic E-state index is -3.90. The SMILES string of the molecule is O=C(O)c1ncsc1NS(=O)(=O)c1ccc2ncccc2c1. The van der Waals surface area contributed by atoms with E-state index in [1.807, 2.05) is 0 Å². The van der Waals surface area contributed by atoms with Crippen LogP contribution in [0.2, 0.25) is 0 Å². The van der Waals surface area contributed by atoms with Crippen molar-refractivity contribution in [2.24, 2.45) is 0 Å². The Morgan fingerprint density at radius 3 is 2.82 bits per heavy atom. The van der Waals surface area contributed by atoms with Gasteiger partial charge in [-0.05, 0) is 24.3 Å². The zero-order chi connectivity index (χ0) is 15.7. The van der Waals surface area contributed by atoms with Gasteiger partial charge in [0.05, 0.1) is 15.9 Å². The minimum absolute atomic E-state index is 0.0257. The normalized spacial score (nSPS) is 11.5. The first-order chi connectivity index (χ1) is 10.5. The molecule has 0 radical (unpaired) electrons. The van der Waals surface area contributed by atoms with E-state index in [9.17, 15) is 13.2 Å². The third-order valence-corrected chi connectivity index (χ3v) is 5.10. The number of sulfonamides is 1. The highest BCUT2D eigenvalue weighted by Crippen LogP contribution is 2.25. The molecule has 0 saturated heterocycles. The highest BCUT2D eigenvalue weighted by Gasteiger charge is 2.21. The lowest BCUT2D eigenvalue weighted by molar-refractivity contribution is 0.0692. The van der Waals surface area contributed by atoms with E-state index in [-0.39, 0.29) is 15.6 Å². The van der Waals surface area contributed by atoms with E-state index in [0.717, 1.165) is 11.3 Å². The molecule has 0 saturated carbocycles. The maximum Gasteiger partial charge on any atom is 0.357 e. The fourth-order valence-corrected chi connectivity index (χ4v) is 3.90. The van der Waals surface area contributed by atoms with Crippen LogP contribution >= 0.6 is 11.3 Å². The standard InChI is InChI=1S/C13H9N3O4S2/c17-13(18)11-12(21-7-15-11)16-22(19,20)9-3-4-10-8(6-9)2-1-5-14-10/h1-7,16H,(H,17,18). The molecule has 0 atom stereocenters. The number of carboxylic acid groups (broad SMARTS) is 1. The van der Waals surface area contributed by atoms with Crippen molar-refractivity contribution in [3.63, 3.8) is 0 Å². The van der Waals surface area contributed by atoms with Gasteiger partial charge in [0.1, 0.15) is 5.00 Å². The van der Waals surface area contributed by atoms with E-state index < -0.39 is 16.0 Å². The van der Waals surface area contributed by atoms with Crippen molar-refractivity contribution in [3.8, 4) is 0 Å². The van der Waals surface area contributed by atoms with Crippen molar-refractivity contribution < 1.29 is 18.3 Å². The van der Waals surface area contributed by atoms with Crippen LogP contribution in [0.5, 0.6) is 0 Å². The van der Waals surface area contributed by atoms with Gasteiger partial charge in [-0.2, -0.15) is 0 Å².